The summed E-state index contributed by atoms with van der Waals surface area (Å²) in [7, 11) is 1.81. The molecular formula is C13H10Br3NOS. The monoisotopic (exact) mass is 465 g/mol. The van der Waals surface area contributed by atoms with Crippen LogP contribution in [0.3, 0.4) is 0 Å². The zero-order valence-electron chi connectivity index (χ0n) is 9.99. The van der Waals surface area contributed by atoms with Crippen LogP contribution in [0.4, 0.5) is 0 Å². The van der Waals surface area contributed by atoms with Gasteiger partial charge in [-0.25, -0.2) is 0 Å². The maximum Gasteiger partial charge on any atom is 0.264 e. The van der Waals surface area contributed by atoms with Crippen LogP contribution in [0.15, 0.2) is 43.1 Å². The highest BCUT2D eigenvalue weighted by Crippen LogP contribution is 2.33. The van der Waals surface area contributed by atoms with Gasteiger partial charge in [-0.3, -0.25) is 4.79 Å². The molecule has 2 nitrogen and oxygen atoms in total. The lowest BCUT2D eigenvalue weighted by Gasteiger charge is -2.17. The summed E-state index contributed by atoms with van der Waals surface area (Å²) in [6.07, 6.45) is 0. The summed E-state index contributed by atoms with van der Waals surface area (Å²) in [6.45, 7) is 0.577. The highest BCUT2D eigenvalue weighted by Gasteiger charge is 2.17. The van der Waals surface area contributed by atoms with Gasteiger partial charge in [-0.1, -0.05) is 34.1 Å². The van der Waals surface area contributed by atoms with Crippen LogP contribution in [-0.2, 0) is 6.54 Å². The summed E-state index contributed by atoms with van der Waals surface area (Å²) in [5, 5.41) is 0. The summed E-state index contributed by atoms with van der Waals surface area (Å²) in [5.74, 6) is 0.0205. The lowest BCUT2D eigenvalue weighted by Crippen LogP contribution is -2.25. The van der Waals surface area contributed by atoms with E-state index in [0.717, 1.165) is 18.3 Å². The van der Waals surface area contributed by atoms with Crippen molar-refractivity contribution in [3.63, 3.8) is 0 Å². The Hall–Kier alpha value is -0.170. The van der Waals surface area contributed by atoms with Gasteiger partial charge in [-0.2, -0.15) is 0 Å². The first-order valence-electron chi connectivity index (χ1n) is 5.42. The Balaban J connectivity index is 2.14. The number of hydrogen-bond acceptors (Lipinski definition) is 2. The molecule has 2 aromatic rings. The average Bonchev–Trinajstić information content (AvgIpc) is 2.71. The van der Waals surface area contributed by atoms with Gasteiger partial charge in [0.2, 0.25) is 0 Å². The molecule has 0 aliphatic carbocycles. The fourth-order valence-electron chi connectivity index (χ4n) is 1.59. The molecule has 2 rings (SSSR count). The van der Waals surface area contributed by atoms with Crippen molar-refractivity contribution in [2.24, 2.45) is 0 Å². The van der Waals surface area contributed by atoms with E-state index in [9.17, 15) is 4.79 Å². The van der Waals surface area contributed by atoms with Crippen molar-refractivity contribution in [1.29, 1.82) is 0 Å². The summed E-state index contributed by atoms with van der Waals surface area (Å²) >= 11 is 11.7. The Labute approximate surface area is 141 Å². The standard InChI is InChI=1S/C13H10Br3NOS/c1-17(7-8-4-2-3-5-9(8)14)13(18)11-6-10(15)12(16)19-11/h2-6H,7H2,1H3. The number of carbonyl (C=O) groups is 1. The van der Waals surface area contributed by atoms with Gasteiger partial charge in [-0.05, 0) is 49.6 Å². The zero-order chi connectivity index (χ0) is 14.0. The highest BCUT2D eigenvalue weighted by molar-refractivity contribution is 9.13. The van der Waals surface area contributed by atoms with E-state index in [2.05, 4.69) is 47.8 Å². The molecule has 0 spiro atoms. The van der Waals surface area contributed by atoms with Crippen molar-refractivity contribution in [2.75, 3.05) is 7.05 Å². The maximum absolute atomic E-state index is 12.3. The van der Waals surface area contributed by atoms with Crippen LogP contribution in [0.25, 0.3) is 0 Å². The van der Waals surface area contributed by atoms with E-state index in [1.807, 2.05) is 37.4 Å². The van der Waals surface area contributed by atoms with Crippen molar-refractivity contribution < 1.29 is 4.79 Å². The quantitative estimate of drug-likeness (QED) is 0.599. The molecule has 0 atom stereocenters. The number of carbonyl (C=O) groups excluding carboxylic acids is 1. The first-order chi connectivity index (χ1) is 8.99. The first-order valence-corrected chi connectivity index (χ1v) is 8.62. The van der Waals surface area contributed by atoms with Crippen molar-refractivity contribution in [2.45, 2.75) is 6.54 Å². The molecule has 0 unspecified atom stereocenters. The van der Waals surface area contributed by atoms with E-state index in [4.69, 9.17) is 0 Å². The lowest BCUT2D eigenvalue weighted by molar-refractivity contribution is 0.0789. The number of thiophene rings is 1. The fraction of sp³-hybridized carbons (Fsp3) is 0.154. The van der Waals surface area contributed by atoms with Crippen LogP contribution >= 0.6 is 59.1 Å². The van der Waals surface area contributed by atoms with Crippen LogP contribution in [0, 0.1) is 0 Å². The summed E-state index contributed by atoms with van der Waals surface area (Å²) < 4.78 is 2.86. The molecule has 0 aliphatic rings. The van der Waals surface area contributed by atoms with E-state index in [-0.39, 0.29) is 5.91 Å². The molecule has 6 heteroatoms. The molecule has 1 amide bonds. The Kier molecular flexibility index (Phi) is 5.22. The molecule has 0 aliphatic heterocycles. The van der Waals surface area contributed by atoms with Gasteiger partial charge in [0.15, 0.2) is 0 Å². The van der Waals surface area contributed by atoms with E-state index in [0.29, 0.717) is 11.4 Å². The van der Waals surface area contributed by atoms with Gasteiger partial charge in [0.05, 0.1) is 8.66 Å². The number of nitrogens with zero attached hydrogens (tertiary/aromatic N) is 1. The minimum Gasteiger partial charge on any atom is -0.337 e. The molecule has 0 radical (unpaired) electrons. The maximum atomic E-state index is 12.3. The molecule has 0 saturated heterocycles. The van der Waals surface area contributed by atoms with Gasteiger partial charge in [0, 0.05) is 22.5 Å². The first kappa shape index (κ1) is 15.2. The van der Waals surface area contributed by atoms with Crippen LogP contribution in [-0.4, -0.2) is 17.9 Å². The smallest absolute Gasteiger partial charge is 0.264 e. The van der Waals surface area contributed by atoms with Crippen LogP contribution in [0.2, 0.25) is 0 Å². The van der Waals surface area contributed by atoms with Crippen LogP contribution < -0.4 is 0 Å². The molecule has 1 aromatic carbocycles. The minimum atomic E-state index is 0.0205. The highest BCUT2D eigenvalue weighted by atomic mass is 79.9. The topological polar surface area (TPSA) is 20.3 Å². The van der Waals surface area contributed by atoms with Gasteiger partial charge in [-0.15, -0.1) is 11.3 Å². The SMILES string of the molecule is CN(Cc1ccccc1Br)C(=O)c1cc(Br)c(Br)s1. The molecule has 0 N–H and O–H groups in total. The van der Waals surface area contributed by atoms with Crippen molar-refractivity contribution in [3.8, 4) is 0 Å². The molecule has 1 heterocycles. The van der Waals surface area contributed by atoms with Crippen LogP contribution in [0.5, 0.6) is 0 Å². The fourth-order valence-corrected chi connectivity index (χ4v) is 4.03. The number of rotatable bonds is 3. The minimum absolute atomic E-state index is 0.0205. The second kappa shape index (κ2) is 6.52. The largest absolute Gasteiger partial charge is 0.337 e. The molecule has 0 saturated carbocycles. The molecular weight excluding hydrogens is 458 g/mol. The molecule has 100 valence electrons. The molecule has 19 heavy (non-hydrogen) atoms. The zero-order valence-corrected chi connectivity index (χ0v) is 15.6. The molecule has 0 bridgehead atoms. The van der Waals surface area contributed by atoms with Gasteiger partial charge < -0.3 is 4.90 Å². The summed E-state index contributed by atoms with van der Waals surface area (Å²) in [4.78, 5) is 14.7. The number of hydrogen-bond donors (Lipinski definition) is 0. The summed E-state index contributed by atoms with van der Waals surface area (Å²) in [5.41, 5.74) is 1.09. The third-order valence-electron chi connectivity index (χ3n) is 2.57. The average molecular weight is 468 g/mol. The third-order valence-corrected chi connectivity index (χ3v) is 6.59. The third kappa shape index (κ3) is 3.68. The number of benzene rings is 1. The van der Waals surface area contributed by atoms with E-state index >= 15 is 0 Å². The van der Waals surface area contributed by atoms with Crippen LogP contribution in [0.1, 0.15) is 15.2 Å². The Bertz CT molecular complexity index is 592. The predicted molar refractivity (Wildman–Crippen MR) is 89.7 cm³/mol. The second-order valence-corrected chi connectivity index (χ2v) is 8.06. The lowest BCUT2D eigenvalue weighted by atomic mass is 10.2. The Morgan fingerprint density at radius 3 is 2.47 bits per heavy atom. The predicted octanol–water partition coefficient (Wildman–Crippen LogP) is 5.31. The normalized spacial score (nSPS) is 10.5. The van der Waals surface area contributed by atoms with Crippen molar-refractivity contribution in [1.82, 2.24) is 4.90 Å². The van der Waals surface area contributed by atoms with E-state index in [1.165, 1.54) is 11.3 Å². The van der Waals surface area contributed by atoms with Gasteiger partial charge in [0.25, 0.3) is 5.91 Å². The Morgan fingerprint density at radius 2 is 1.89 bits per heavy atom. The molecule has 0 fully saturated rings. The van der Waals surface area contributed by atoms with E-state index < -0.39 is 0 Å². The van der Waals surface area contributed by atoms with Crippen molar-refractivity contribution >= 4 is 65.0 Å². The number of amides is 1. The van der Waals surface area contributed by atoms with Gasteiger partial charge in [0.1, 0.15) is 0 Å². The Morgan fingerprint density at radius 1 is 1.21 bits per heavy atom. The van der Waals surface area contributed by atoms with E-state index in [1.54, 1.807) is 4.90 Å². The summed E-state index contributed by atoms with van der Waals surface area (Å²) in [6, 6.07) is 9.76. The second-order valence-electron chi connectivity index (χ2n) is 3.98. The van der Waals surface area contributed by atoms with Gasteiger partial charge >= 0.3 is 0 Å². The molecule has 1 aromatic heterocycles. The number of halogens is 3. The van der Waals surface area contributed by atoms with Crippen molar-refractivity contribution in [3.05, 3.63) is 53.5 Å².